The van der Waals surface area contributed by atoms with Crippen molar-refractivity contribution in [3.63, 3.8) is 0 Å². The summed E-state index contributed by atoms with van der Waals surface area (Å²) in [6.45, 7) is -3.19. The van der Waals surface area contributed by atoms with Gasteiger partial charge in [-0.15, -0.1) is 11.6 Å². The maximum atomic E-state index is 12.5. The van der Waals surface area contributed by atoms with E-state index in [1.165, 1.54) is 31.4 Å². The average Bonchev–Trinajstić information content (AvgIpc) is 2.67. The van der Waals surface area contributed by atoms with Gasteiger partial charge in [0, 0.05) is 11.4 Å². The Labute approximate surface area is 169 Å². The SMILES string of the molecule is COc1cc(/C=C/C(=O)c2ccc(O)c(CCCl)c2)c([N+](=O)[O-])cc1OC(F)F. The van der Waals surface area contributed by atoms with Crippen LogP contribution in [0.15, 0.2) is 36.4 Å². The van der Waals surface area contributed by atoms with E-state index in [-0.39, 0.29) is 28.5 Å². The van der Waals surface area contributed by atoms with E-state index in [1.807, 2.05) is 0 Å². The molecule has 0 fully saturated rings. The highest BCUT2D eigenvalue weighted by Gasteiger charge is 2.20. The normalized spacial score (nSPS) is 11.1. The number of nitro groups is 1. The van der Waals surface area contributed by atoms with E-state index < -0.39 is 28.8 Å². The maximum absolute atomic E-state index is 12.5. The molecule has 0 unspecified atom stereocenters. The highest BCUT2D eigenvalue weighted by Crippen LogP contribution is 2.36. The van der Waals surface area contributed by atoms with Gasteiger partial charge in [-0.2, -0.15) is 8.78 Å². The van der Waals surface area contributed by atoms with Crippen molar-refractivity contribution < 1.29 is 33.1 Å². The number of hydrogen-bond donors (Lipinski definition) is 1. The number of allylic oxidation sites excluding steroid dienone is 1. The summed E-state index contributed by atoms with van der Waals surface area (Å²) >= 11 is 5.66. The van der Waals surface area contributed by atoms with Gasteiger partial charge < -0.3 is 14.6 Å². The number of carbonyl (C=O) groups is 1. The monoisotopic (exact) mass is 427 g/mol. The van der Waals surface area contributed by atoms with Gasteiger partial charge in [0.25, 0.3) is 5.69 Å². The number of phenolic OH excluding ortho intramolecular Hbond substituents is 1. The fourth-order valence-electron chi connectivity index (χ4n) is 2.51. The molecule has 154 valence electrons. The van der Waals surface area contributed by atoms with Gasteiger partial charge in [-0.05, 0) is 48.4 Å². The molecule has 10 heteroatoms. The minimum Gasteiger partial charge on any atom is -0.508 e. The van der Waals surface area contributed by atoms with Crippen LogP contribution in [0.3, 0.4) is 0 Å². The number of aryl methyl sites for hydroxylation is 1. The topological polar surface area (TPSA) is 98.9 Å². The van der Waals surface area contributed by atoms with Gasteiger partial charge in [-0.1, -0.05) is 0 Å². The van der Waals surface area contributed by atoms with Crippen LogP contribution in [-0.2, 0) is 6.42 Å². The van der Waals surface area contributed by atoms with Crippen molar-refractivity contribution in [2.45, 2.75) is 13.0 Å². The van der Waals surface area contributed by atoms with Crippen LogP contribution in [0.5, 0.6) is 17.2 Å². The number of benzene rings is 2. The molecule has 0 atom stereocenters. The molecule has 2 rings (SSSR count). The maximum Gasteiger partial charge on any atom is 0.387 e. The van der Waals surface area contributed by atoms with E-state index in [0.29, 0.717) is 12.0 Å². The molecule has 0 saturated carbocycles. The number of methoxy groups -OCH3 is 1. The zero-order chi connectivity index (χ0) is 21.6. The Balaban J connectivity index is 2.39. The summed E-state index contributed by atoms with van der Waals surface area (Å²) in [4.78, 5) is 22.9. The number of nitro benzene ring substituents is 1. The minimum atomic E-state index is -3.19. The largest absolute Gasteiger partial charge is 0.508 e. The van der Waals surface area contributed by atoms with Crippen LogP contribution in [0.25, 0.3) is 6.08 Å². The molecule has 0 spiro atoms. The Morgan fingerprint density at radius 2 is 2.03 bits per heavy atom. The molecule has 2 aromatic carbocycles. The molecule has 0 bridgehead atoms. The number of halogens is 3. The second kappa shape index (κ2) is 9.83. The lowest BCUT2D eigenvalue weighted by atomic mass is 10.0. The Hall–Kier alpha value is -3.20. The Morgan fingerprint density at radius 1 is 1.31 bits per heavy atom. The molecule has 1 N–H and O–H groups in total. The number of rotatable bonds is 9. The number of aromatic hydroxyl groups is 1. The number of carbonyl (C=O) groups excluding carboxylic acids is 1. The number of alkyl halides is 3. The quantitative estimate of drug-likeness (QED) is 0.207. The van der Waals surface area contributed by atoms with E-state index in [4.69, 9.17) is 16.3 Å². The zero-order valence-corrected chi connectivity index (χ0v) is 15.9. The summed E-state index contributed by atoms with van der Waals surface area (Å²) in [5.41, 5.74) is 0.146. The predicted molar refractivity (Wildman–Crippen MR) is 102 cm³/mol. The van der Waals surface area contributed by atoms with Crippen LogP contribution >= 0.6 is 11.6 Å². The summed E-state index contributed by atoms with van der Waals surface area (Å²) in [5.74, 6) is -0.887. The lowest BCUT2D eigenvalue weighted by Gasteiger charge is -2.10. The first-order valence-electron chi connectivity index (χ1n) is 8.18. The van der Waals surface area contributed by atoms with Gasteiger partial charge in [0.05, 0.1) is 23.7 Å². The van der Waals surface area contributed by atoms with Crippen LogP contribution in [0.2, 0.25) is 0 Å². The number of nitrogens with zero attached hydrogens (tertiary/aromatic N) is 1. The number of ether oxygens (including phenoxy) is 2. The second-order valence-electron chi connectivity index (χ2n) is 5.68. The van der Waals surface area contributed by atoms with Gasteiger partial charge in [0.2, 0.25) is 0 Å². The van der Waals surface area contributed by atoms with Crippen LogP contribution in [0.1, 0.15) is 21.5 Å². The fourth-order valence-corrected chi connectivity index (χ4v) is 2.71. The molecule has 0 radical (unpaired) electrons. The molecular weight excluding hydrogens is 412 g/mol. The number of hydrogen-bond acceptors (Lipinski definition) is 6. The van der Waals surface area contributed by atoms with Gasteiger partial charge in [-0.25, -0.2) is 0 Å². The first-order valence-corrected chi connectivity index (χ1v) is 8.71. The smallest absolute Gasteiger partial charge is 0.387 e. The van der Waals surface area contributed by atoms with E-state index in [1.54, 1.807) is 0 Å². The molecule has 0 aliphatic rings. The van der Waals surface area contributed by atoms with Gasteiger partial charge in [-0.3, -0.25) is 14.9 Å². The van der Waals surface area contributed by atoms with Crippen LogP contribution in [-0.4, -0.2) is 35.4 Å². The molecule has 29 heavy (non-hydrogen) atoms. The average molecular weight is 428 g/mol. The van der Waals surface area contributed by atoms with Crippen molar-refractivity contribution in [2.75, 3.05) is 13.0 Å². The zero-order valence-electron chi connectivity index (χ0n) is 15.1. The Morgan fingerprint density at radius 3 is 2.62 bits per heavy atom. The summed E-state index contributed by atoms with van der Waals surface area (Å²) in [7, 11) is 1.19. The van der Waals surface area contributed by atoms with E-state index in [0.717, 1.165) is 18.2 Å². The van der Waals surface area contributed by atoms with Crippen LogP contribution in [0.4, 0.5) is 14.5 Å². The first kappa shape index (κ1) is 22.1. The minimum absolute atomic E-state index is 0.00109. The van der Waals surface area contributed by atoms with Gasteiger partial charge in [0.1, 0.15) is 5.75 Å². The third-order valence-electron chi connectivity index (χ3n) is 3.87. The van der Waals surface area contributed by atoms with E-state index in [2.05, 4.69) is 4.74 Å². The summed E-state index contributed by atoms with van der Waals surface area (Å²) < 4.78 is 34.2. The highest BCUT2D eigenvalue weighted by molar-refractivity contribution is 6.18. The number of phenols is 1. The van der Waals surface area contributed by atoms with Crippen LogP contribution < -0.4 is 9.47 Å². The molecule has 7 nitrogen and oxygen atoms in total. The predicted octanol–water partition coefficient (Wildman–Crippen LogP) is 4.59. The van der Waals surface area contributed by atoms with Crippen molar-refractivity contribution in [3.8, 4) is 17.2 Å². The van der Waals surface area contributed by atoms with Crippen molar-refractivity contribution in [3.05, 3.63) is 63.2 Å². The molecule has 0 aliphatic heterocycles. The molecule has 2 aromatic rings. The van der Waals surface area contributed by atoms with Crippen molar-refractivity contribution in [1.82, 2.24) is 0 Å². The molecule has 0 saturated heterocycles. The van der Waals surface area contributed by atoms with Crippen molar-refractivity contribution in [1.29, 1.82) is 0 Å². The molecule has 0 heterocycles. The number of ketones is 1. The van der Waals surface area contributed by atoms with Gasteiger partial charge in [0.15, 0.2) is 17.3 Å². The van der Waals surface area contributed by atoms with E-state index >= 15 is 0 Å². The lowest BCUT2D eigenvalue weighted by Crippen LogP contribution is -2.05. The molecular formula is C19H16ClF2NO6. The molecule has 0 amide bonds. The summed E-state index contributed by atoms with van der Waals surface area (Å²) in [5, 5.41) is 21.0. The highest BCUT2D eigenvalue weighted by atomic mass is 35.5. The molecule has 0 aromatic heterocycles. The van der Waals surface area contributed by atoms with Crippen molar-refractivity contribution >= 4 is 29.1 Å². The third-order valence-corrected chi connectivity index (χ3v) is 4.06. The van der Waals surface area contributed by atoms with Gasteiger partial charge >= 0.3 is 6.61 Å². The fraction of sp³-hybridized carbons (Fsp3) is 0.211. The standard InChI is InChI=1S/C19H16ClF2NO6/c1-28-17-9-11(14(23(26)27)10-18(17)29-19(21)22)2-4-15(24)12-3-5-16(25)13(8-12)6-7-20/h2-5,8-10,19,25H,6-7H2,1H3/b4-2+. The lowest BCUT2D eigenvalue weighted by molar-refractivity contribution is -0.385. The first-order chi connectivity index (χ1) is 13.8. The summed E-state index contributed by atoms with van der Waals surface area (Å²) in [6.07, 6.45) is 2.61. The van der Waals surface area contributed by atoms with Crippen molar-refractivity contribution in [2.24, 2.45) is 0 Å². The second-order valence-corrected chi connectivity index (χ2v) is 6.06. The van der Waals surface area contributed by atoms with Crippen LogP contribution in [0, 0.1) is 10.1 Å². The Bertz CT molecular complexity index is 949. The Kier molecular flexibility index (Phi) is 7.49. The summed E-state index contributed by atoms with van der Waals surface area (Å²) in [6, 6.07) is 6.14. The third kappa shape index (κ3) is 5.64. The van der Waals surface area contributed by atoms with E-state index in [9.17, 15) is 28.8 Å². The molecule has 0 aliphatic carbocycles.